The molecule has 2 fully saturated rings. The molecule has 1 saturated carbocycles. The summed E-state index contributed by atoms with van der Waals surface area (Å²) in [5, 5.41) is 4.45. The van der Waals surface area contributed by atoms with Gasteiger partial charge < -0.3 is 9.42 Å². The van der Waals surface area contributed by atoms with Gasteiger partial charge >= 0.3 is 0 Å². The first-order valence-corrected chi connectivity index (χ1v) is 8.44. The van der Waals surface area contributed by atoms with E-state index in [1.807, 2.05) is 7.05 Å². The average molecular weight is 348 g/mol. The van der Waals surface area contributed by atoms with E-state index in [4.69, 9.17) is 16.1 Å². The van der Waals surface area contributed by atoms with Gasteiger partial charge in [-0.2, -0.15) is 4.98 Å². The molecule has 0 spiro atoms. The number of piperazine rings is 1. The van der Waals surface area contributed by atoms with E-state index in [2.05, 4.69) is 20.0 Å². The Morgan fingerprint density at radius 2 is 2.21 bits per heavy atom. The fourth-order valence-corrected chi connectivity index (χ4v) is 3.13. The molecule has 2 aliphatic rings. The van der Waals surface area contributed by atoms with Crippen LogP contribution in [-0.4, -0.2) is 57.5 Å². The van der Waals surface area contributed by atoms with Gasteiger partial charge in [0, 0.05) is 37.9 Å². The minimum atomic E-state index is -0.0950. The number of hydrogen-bond acceptors (Lipinski definition) is 6. The molecule has 0 N–H and O–H groups in total. The fourth-order valence-electron chi connectivity index (χ4n) is 2.93. The third-order valence-corrected chi connectivity index (χ3v) is 4.92. The van der Waals surface area contributed by atoms with Gasteiger partial charge in [0.2, 0.25) is 5.89 Å². The van der Waals surface area contributed by atoms with Crippen molar-refractivity contribution in [2.75, 3.05) is 26.7 Å². The molecule has 2 aromatic heterocycles. The molecule has 7 nitrogen and oxygen atoms in total. The van der Waals surface area contributed by atoms with Crippen LogP contribution >= 0.6 is 11.6 Å². The van der Waals surface area contributed by atoms with Crippen LogP contribution in [0.15, 0.2) is 23.0 Å². The van der Waals surface area contributed by atoms with Crippen LogP contribution in [0.4, 0.5) is 0 Å². The van der Waals surface area contributed by atoms with E-state index in [1.165, 1.54) is 6.20 Å². The Morgan fingerprint density at radius 1 is 1.38 bits per heavy atom. The number of aromatic nitrogens is 3. The first kappa shape index (κ1) is 15.5. The third-order valence-electron chi connectivity index (χ3n) is 4.62. The molecule has 4 rings (SSSR count). The quantitative estimate of drug-likeness (QED) is 0.846. The molecule has 1 saturated heterocycles. The molecule has 0 bridgehead atoms. The topological polar surface area (TPSA) is 75.4 Å². The molecule has 0 radical (unpaired) electrons. The summed E-state index contributed by atoms with van der Waals surface area (Å²) in [6.45, 7) is 1.87. The summed E-state index contributed by atoms with van der Waals surface area (Å²) in [5.74, 6) is 1.73. The van der Waals surface area contributed by atoms with Gasteiger partial charge in [-0.1, -0.05) is 16.8 Å². The first-order chi connectivity index (χ1) is 11.6. The van der Waals surface area contributed by atoms with Crippen LogP contribution in [0.2, 0.25) is 5.02 Å². The van der Waals surface area contributed by atoms with Crippen molar-refractivity contribution in [2.24, 2.45) is 0 Å². The minimum Gasteiger partial charge on any atom is -0.338 e. The Hall–Kier alpha value is -1.99. The van der Waals surface area contributed by atoms with Crippen molar-refractivity contribution in [3.63, 3.8) is 0 Å². The minimum absolute atomic E-state index is 0.0942. The van der Waals surface area contributed by atoms with E-state index < -0.39 is 0 Å². The molecular weight excluding hydrogens is 330 g/mol. The monoisotopic (exact) mass is 347 g/mol. The van der Waals surface area contributed by atoms with Crippen molar-refractivity contribution in [1.82, 2.24) is 24.9 Å². The number of nitrogens with zero attached hydrogens (tertiary/aromatic N) is 5. The van der Waals surface area contributed by atoms with E-state index in [-0.39, 0.29) is 11.9 Å². The van der Waals surface area contributed by atoms with Gasteiger partial charge in [0.05, 0.1) is 10.6 Å². The number of halogens is 1. The highest BCUT2D eigenvalue weighted by Crippen LogP contribution is 2.39. The zero-order valence-electron chi connectivity index (χ0n) is 13.4. The van der Waals surface area contributed by atoms with Gasteiger partial charge in [-0.3, -0.25) is 14.7 Å². The summed E-state index contributed by atoms with van der Waals surface area (Å²) in [7, 11) is 2.01. The van der Waals surface area contributed by atoms with Crippen molar-refractivity contribution < 1.29 is 9.32 Å². The molecule has 1 aliphatic heterocycles. The van der Waals surface area contributed by atoms with Gasteiger partial charge in [-0.05, 0) is 26.0 Å². The van der Waals surface area contributed by atoms with Crippen LogP contribution in [0.3, 0.4) is 0 Å². The normalized spacial score (nSPS) is 21.9. The molecule has 1 unspecified atom stereocenters. The van der Waals surface area contributed by atoms with Gasteiger partial charge in [-0.15, -0.1) is 0 Å². The van der Waals surface area contributed by atoms with Gasteiger partial charge in [0.15, 0.2) is 5.82 Å². The molecule has 1 amide bonds. The molecule has 24 heavy (non-hydrogen) atoms. The lowest BCUT2D eigenvalue weighted by Crippen LogP contribution is -2.49. The number of carbonyl (C=O) groups is 1. The summed E-state index contributed by atoms with van der Waals surface area (Å²) >= 11 is 6.10. The fraction of sp³-hybridized carbons (Fsp3) is 0.500. The summed E-state index contributed by atoms with van der Waals surface area (Å²) in [6.07, 6.45) is 5.32. The highest BCUT2D eigenvalue weighted by Gasteiger charge is 2.35. The van der Waals surface area contributed by atoms with Crippen LogP contribution in [0.25, 0.3) is 0 Å². The van der Waals surface area contributed by atoms with Crippen molar-refractivity contribution in [3.8, 4) is 0 Å². The smallest absolute Gasteiger partial charge is 0.255 e. The standard InChI is InChI=1S/C16H18ClN5O2/c1-21-6-7-22(16(23)11-4-5-18-8-12(11)17)9-13(21)15-19-14(20-24-15)10-2-3-10/h4-5,8,10,13H,2-3,6-7,9H2,1H3. The third kappa shape index (κ3) is 2.89. The summed E-state index contributed by atoms with van der Waals surface area (Å²) in [6, 6.07) is 1.55. The van der Waals surface area contributed by atoms with E-state index in [1.54, 1.807) is 17.2 Å². The highest BCUT2D eigenvalue weighted by atomic mass is 35.5. The van der Waals surface area contributed by atoms with Gasteiger partial charge in [-0.25, -0.2) is 0 Å². The zero-order chi connectivity index (χ0) is 16.7. The second-order valence-electron chi connectivity index (χ2n) is 6.37. The maximum absolute atomic E-state index is 12.8. The largest absolute Gasteiger partial charge is 0.338 e. The number of carbonyl (C=O) groups excluding carboxylic acids is 1. The molecule has 0 aromatic carbocycles. The van der Waals surface area contributed by atoms with E-state index in [9.17, 15) is 4.79 Å². The zero-order valence-corrected chi connectivity index (χ0v) is 14.1. The maximum Gasteiger partial charge on any atom is 0.255 e. The van der Waals surface area contributed by atoms with Crippen LogP contribution in [0.5, 0.6) is 0 Å². The molecule has 8 heteroatoms. The van der Waals surface area contributed by atoms with Crippen molar-refractivity contribution in [2.45, 2.75) is 24.8 Å². The summed E-state index contributed by atoms with van der Waals surface area (Å²) in [4.78, 5) is 25.1. The van der Waals surface area contributed by atoms with E-state index >= 15 is 0 Å². The molecule has 2 aromatic rings. The number of likely N-dealkylation sites (N-methyl/N-ethyl adjacent to an activating group) is 1. The molecule has 126 valence electrons. The van der Waals surface area contributed by atoms with Crippen molar-refractivity contribution >= 4 is 17.5 Å². The Bertz CT molecular complexity index is 760. The van der Waals surface area contributed by atoms with Crippen LogP contribution in [0.1, 0.15) is 46.9 Å². The average Bonchev–Trinajstić information content (AvgIpc) is 3.33. The van der Waals surface area contributed by atoms with E-state index in [0.717, 1.165) is 25.2 Å². The molecule has 1 aliphatic carbocycles. The maximum atomic E-state index is 12.8. The van der Waals surface area contributed by atoms with E-state index in [0.29, 0.717) is 35.5 Å². The Labute approximate surface area is 144 Å². The molecule has 1 atom stereocenters. The summed E-state index contributed by atoms with van der Waals surface area (Å²) < 4.78 is 5.46. The second kappa shape index (κ2) is 6.14. The van der Waals surface area contributed by atoms with Crippen molar-refractivity contribution in [3.05, 3.63) is 40.8 Å². The van der Waals surface area contributed by atoms with Crippen LogP contribution in [-0.2, 0) is 0 Å². The lowest BCUT2D eigenvalue weighted by Gasteiger charge is -2.37. The second-order valence-corrected chi connectivity index (χ2v) is 6.78. The van der Waals surface area contributed by atoms with Crippen LogP contribution in [0, 0.1) is 0 Å². The number of hydrogen-bond donors (Lipinski definition) is 0. The molecule has 3 heterocycles. The van der Waals surface area contributed by atoms with Gasteiger partial charge in [0.1, 0.15) is 6.04 Å². The first-order valence-electron chi connectivity index (χ1n) is 8.06. The highest BCUT2D eigenvalue weighted by molar-refractivity contribution is 6.33. The Morgan fingerprint density at radius 3 is 2.96 bits per heavy atom. The van der Waals surface area contributed by atoms with Crippen molar-refractivity contribution in [1.29, 1.82) is 0 Å². The number of rotatable bonds is 3. The predicted octanol–water partition coefficient (Wildman–Crippen LogP) is 2.12. The molecular formula is C16H18ClN5O2. The number of pyridine rings is 1. The van der Waals surface area contributed by atoms with Gasteiger partial charge in [0.25, 0.3) is 5.91 Å². The Balaban J connectivity index is 1.53. The Kier molecular flexibility index (Phi) is 3.97. The lowest BCUT2D eigenvalue weighted by molar-refractivity contribution is 0.0489. The van der Waals surface area contributed by atoms with Crippen LogP contribution < -0.4 is 0 Å². The number of amides is 1. The lowest BCUT2D eigenvalue weighted by atomic mass is 10.1. The summed E-state index contributed by atoms with van der Waals surface area (Å²) in [5.41, 5.74) is 0.471. The predicted molar refractivity (Wildman–Crippen MR) is 86.8 cm³/mol. The SMILES string of the molecule is CN1CCN(C(=O)c2ccncc2Cl)CC1c1nc(C2CC2)no1.